The molecule has 0 heteroatoms. The minimum atomic E-state index is 0.203. The molecule has 0 saturated carbocycles. The van der Waals surface area contributed by atoms with Gasteiger partial charge in [0, 0.05) is 0 Å². The van der Waals surface area contributed by atoms with Gasteiger partial charge in [0.15, 0.2) is 0 Å². The van der Waals surface area contributed by atoms with E-state index >= 15 is 0 Å². The molecule has 9 heavy (non-hydrogen) atoms. The fourth-order valence-corrected chi connectivity index (χ4v) is 0.971. The molecule has 0 unspecified atom stereocenters. The van der Waals surface area contributed by atoms with E-state index in [0.29, 0.717) is 0 Å². The van der Waals surface area contributed by atoms with Crippen LogP contribution in [0, 0.1) is 12.3 Å². The van der Waals surface area contributed by atoms with Crippen LogP contribution in [0.15, 0.2) is 24.3 Å². The number of hydrogen-bond donors (Lipinski definition) is 0. The summed E-state index contributed by atoms with van der Waals surface area (Å²) in [4.78, 5) is 0. The number of allylic oxidation sites excluding steroid dienone is 4. The summed E-state index contributed by atoms with van der Waals surface area (Å²) in [6.07, 6.45) is 10.8. The first kappa shape index (κ1) is 6.60. The fourth-order valence-electron chi connectivity index (χ4n) is 0.971. The Hall–Kier alpha value is -0.520. The lowest BCUT2D eigenvalue weighted by molar-refractivity contribution is 0.471. The first-order chi connectivity index (χ1) is 4.27. The highest BCUT2D eigenvalue weighted by atomic mass is 14.2. The summed E-state index contributed by atoms with van der Waals surface area (Å²) < 4.78 is 0. The molecule has 1 atom stereocenters. The third-order valence-electron chi connectivity index (χ3n) is 1.93. The average Bonchev–Trinajstić information content (AvgIpc) is 1.90. The van der Waals surface area contributed by atoms with E-state index in [1.807, 2.05) is 0 Å². The van der Waals surface area contributed by atoms with Gasteiger partial charge in [0.25, 0.3) is 0 Å². The molecule has 0 amide bonds. The van der Waals surface area contributed by atoms with Gasteiger partial charge in [-0.25, -0.2) is 0 Å². The molecule has 1 aliphatic carbocycles. The highest BCUT2D eigenvalue weighted by molar-refractivity contribution is 5.17. The second kappa shape index (κ2) is 2.38. The number of hydrogen-bond acceptors (Lipinski definition) is 0. The second-order valence-corrected chi connectivity index (χ2v) is 2.71. The molecule has 0 aromatic carbocycles. The zero-order valence-corrected chi connectivity index (χ0v) is 5.93. The molecular formula is C9H13. The smallest absolute Gasteiger partial charge is 0.00828 e. The summed E-state index contributed by atoms with van der Waals surface area (Å²) in [7, 11) is 0. The van der Waals surface area contributed by atoms with Crippen molar-refractivity contribution in [3.05, 3.63) is 31.2 Å². The molecule has 0 saturated heterocycles. The standard InChI is InChI=1S/C9H13/c1-3-9(2)7-5-4-6-8-9/h4-7H,2-3,8H2,1H3/t9-/m0/s1. The van der Waals surface area contributed by atoms with Crippen molar-refractivity contribution < 1.29 is 0 Å². The monoisotopic (exact) mass is 121 g/mol. The largest absolute Gasteiger partial charge is 0.0837 e. The summed E-state index contributed by atoms with van der Waals surface area (Å²) in [5, 5.41) is 0. The van der Waals surface area contributed by atoms with Crippen molar-refractivity contribution in [2.24, 2.45) is 5.41 Å². The Morgan fingerprint density at radius 1 is 1.56 bits per heavy atom. The molecule has 0 aliphatic heterocycles. The minimum Gasteiger partial charge on any atom is -0.0837 e. The first-order valence-corrected chi connectivity index (χ1v) is 3.46. The molecule has 1 rings (SSSR count). The molecule has 0 heterocycles. The molecule has 0 nitrogen and oxygen atoms in total. The van der Waals surface area contributed by atoms with E-state index in [9.17, 15) is 0 Å². The lowest BCUT2D eigenvalue weighted by Gasteiger charge is -2.23. The lowest BCUT2D eigenvalue weighted by Crippen LogP contribution is -2.11. The van der Waals surface area contributed by atoms with Crippen LogP contribution in [0.2, 0.25) is 0 Å². The fraction of sp³-hybridized carbons (Fsp3) is 0.444. The lowest BCUT2D eigenvalue weighted by atomic mass is 9.82. The number of rotatable bonds is 1. The Kier molecular flexibility index (Phi) is 1.75. The molecule has 1 radical (unpaired) electrons. The van der Waals surface area contributed by atoms with Crippen molar-refractivity contribution in [1.82, 2.24) is 0 Å². The van der Waals surface area contributed by atoms with Gasteiger partial charge in [0.1, 0.15) is 0 Å². The normalized spacial score (nSPS) is 33.1. The van der Waals surface area contributed by atoms with E-state index in [2.05, 4.69) is 38.2 Å². The third kappa shape index (κ3) is 1.44. The van der Waals surface area contributed by atoms with Crippen molar-refractivity contribution in [2.75, 3.05) is 0 Å². The molecule has 0 N–H and O–H groups in total. The van der Waals surface area contributed by atoms with Crippen LogP contribution < -0.4 is 0 Å². The highest BCUT2D eigenvalue weighted by Crippen LogP contribution is 2.29. The molecule has 1 aliphatic rings. The van der Waals surface area contributed by atoms with E-state index < -0.39 is 0 Å². The molecule has 0 fully saturated rings. The Bertz CT molecular complexity index is 142. The van der Waals surface area contributed by atoms with Gasteiger partial charge in [-0.15, -0.1) is 0 Å². The van der Waals surface area contributed by atoms with E-state index in [1.54, 1.807) is 0 Å². The summed E-state index contributed by atoms with van der Waals surface area (Å²) in [6.45, 7) is 6.29. The van der Waals surface area contributed by atoms with Crippen LogP contribution in [0.5, 0.6) is 0 Å². The van der Waals surface area contributed by atoms with Crippen molar-refractivity contribution in [3.63, 3.8) is 0 Å². The summed E-state index contributed by atoms with van der Waals surface area (Å²) >= 11 is 0. The van der Waals surface area contributed by atoms with Crippen LogP contribution in [0.1, 0.15) is 19.8 Å². The SMILES string of the molecule is [CH2][C@]1(CC)C=CC=CC1. The van der Waals surface area contributed by atoms with Gasteiger partial charge < -0.3 is 0 Å². The zero-order chi connectivity index (χ0) is 6.74. The summed E-state index contributed by atoms with van der Waals surface area (Å²) in [5.41, 5.74) is 0.203. The predicted molar refractivity (Wildman–Crippen MR) is 41.0 cm³/mol. The van der Waals surface area contributed by atoms with Crippen molar-refractivity contribution >= 4 is 0 Å². The second-order valence-electron chi connectivity index (χ2n) is 2.71. The minimum absolute atomic E-state index is 0.203. The maximum absolute atomic E-state index is 4.11. The molecular weight excluding hydrogens is 108 g/mol. The van der Waals surface area contributed by atoms with Crippen molar-refractivity contribution in [2.45, 2.75) is 19.8 Å². The highest BCUT2D eigenvalue weighted by Gasteiger charge is 2.17. The first-order valence-electron chi connectivity index (χ1n) is 3.46. The van der Waals surface area contributed by atoms with E-state index in [4.69, 9.17) is 0 Å². The third-order valence-corrected chi connectivity index (χ3v) is 1.93. The van der Waals surface area contributed by atoms with E-state index in [1.165, 1.54) is 0 Å². The van der Waals surface area contributed by atoms with Gasteiger partial charge in [-0.05, 0) is 25.2 Å². The molecule has 0 aromatic heterocycles. The zero-order valence-electron chi connectivity index (χ0n) is 5.93. The van der Waals surface area contributed by atoms with Crippen molar-refractivity contribution in [1.29, 1.82) is 0 Å². The van der Waals surface area contributed by atoms with Gasteiger partial charge in [0.05, 0.1) is 0 Å². The Morgan fingerprint density at radius 2 is 2.33 bits per heavy atom. The summed E-state index contributed by atoms with van der Waals surface area (Å²) in [6, 6.07) is 0. The summed E-state index contributed by atoms with van der Waals surface area (Å²) in [5.74, 6) is 0. The van der Waals surface area contributed by atoms with Crippen LogP contribution in [0.25, 0.3) is 0 Å². The molecule has 0 bridgehead atoms. The van der Waals surface area contributed by atoms with Crippen LogP contribution >= 0.6 is 0 Å². The Labute approximate surface area is 57.3 Å². The van der Waals surface area contributed by atoms with Crippen LogP contribution in [0.4, 0.5) is 0 Å². The van der Waals surface area contributed by atoms with Crippen LogP contribution in [-0.4, -0.2) is 0 Å². The van der Waals surface area contributed by atoms with E-state index in [-0.39, 0.29) is 5.41 Å². The van der Waals surface area contributed by atoms with Gasteiger partial charge in [-0.2, -0.15) is 0 Å². The Morgan fingerprint density at radius 3 is 2.67 bits per heavy atom. The maximum Gasteiger partial charge on any atom is -0.00828 e. The topological polar surface area (TPSA) is 0 Å². The molecule has 0 aromatic rings. The van der Waals surface area contributed by atoms with Gasteiger partial charge in [-0.3, -0.25) is 0 Å². The van der Waals surface area contributed by atoms with Gasteiger partial charge in [0.2, 0.25) is 0 Å². The maximum atomic E-state index is 4.11. The van der Waals surface area contributed by atoms with Crippen molar-refractivity contribution in [3.8, 4) is 0 Å². The van der Waals surface area contributed by atoms with Crippen LogP contribution in [-0.2, 0) is 0 Å². The quantitative estimate of drug-likeness (QED) is 0.500. The van der Waals surface area contributed by atoms with Gasteiger partial charge >= 0.3 is 0 Å². The Balaban J connectivity index is 2.63. The van der Waals surface area contributed by atoms with Crippen LogP contribution in [0.3, 0.4) is 0 Å². The molecule has 49 valence electrons. The predicted octanol–water partition coefficient (Wildman–Crippen LogP) is 2.73. The van der Waals surface area contributed by atoms with Gasteiger partial charge in [-0.1, -0.05) is 31.2 Å². The molecule has 0 spiro atoms. The van der Waals surface area contributed by atoms with E-state index in [0.717, 1.165) is 12.8 Å². The average molecular weight is 121 g/mol.